The maximum atomic E-state index is 12.6. The summed E-state index contributed by atoms with van der Waals surface area (Å²) in [6, 6.07) is 5.54. The Morgan fingerprint density at radius 3 is 2.88 bits per heavy atom. The predicted molar refractivity (Wildman–Crippen MR) is 93.1 cm³/mol. The average molecular weight is 345 g/mol. The maximum absolute atomic E-state index is 12.6. The Morgan fingerprint density at radius 2 is 2.12 bits per heavy atom. The van der Waals surface area contributed by atoms with Crippen molar-refractivity contribution < 1.29 is 19.0 Å². The molecule has 1 aliphatic rings. The molecular weight excluding hydrogens is 322 g/mol. The first-order valence-electron chi connectivity index (χ1n) is 8.32. The molecule has 7 nitrogen and oxygen atoms in total. The van der Waals surface area contributed by atoms with Gasteiger partial charge in [-0.2, -0.15) is 5.10 Å². The quantitative estimate of drug-likeness (QED) is 0.897. The number of aromatic nitrogens is 2. The number of hydrogen-bond donors (Lipinski definition) is 1. The number of methoxy groups -OCH3 is 1. The molecule has 0 saturated carbocycles. The Hall–Kier alpha value is -2.54. The minimum absolute atomic E-state index is 0.0886. The molecule has 1 atom stereocenters. The van der Waals surface area contributed by atoms with Gasteiger partial charge in [0, 0.05) is 38.4 Å². The van der Waals surface area contributed by atoms with Crippen LogP contribution in [0.1, 0.15) is 23.7 Å². The Kier molecular flexibility index (Phi) is 5.23. The van der Waals surface area contributed by atoms with Crippen molar-refractivity contribution >= 4 is 5.91 Å². The molecule has 134 valence electrons. The monoisotopic (exact) mass is 345 g/mol. The van der Waals surface area contributed by atoms with Crippen molar-refractivity contribution in [2.45, 2.75) is 19.4 Å². The van der Waals surface area contributed by atoms with Crippen LogP contribution in [0.4, 0.5) is 0 Å². The van der Waals surface area contributed by atoms with E-state index in [-0.39, 0.29) is 11.9 Å². The van der Waals surface area contributed by atoms with E-state index in [9.17, 15) is 4.79 Å². The largest absolute Gasteiger partial charge is 0.490 e. The molecule has 2 aromatic rings. The molecule has 0 radical (unpaired) electrons. The highest BCUT2D eigenvalue weighted by molar-refractivity contribution is 6.00. The van der Waals surface area contributed by atoms with Gasteiger partial charge < -0.3 is 19.5 Å². The zero-order valence-electron chi connectivity index (χ0n) is 14.7. The van der Waals surface area contributed by atoms with E-state index in [2.05, 4.69) is 10.4 Å². The third-order valence-electron chi connectivity index (χ3n) is 3.89. The second-order valence-electron chi connectivity index (χ2n) is 6.11. The molecule has 0 saturated heterocycles. The molecule has 0 fully saturated rings. The Balaban J connectivity index is 1.90. The number of benzene rings is 1. The van der Waals surface area contributed by atoms with Crippen LogP contribution in [0.25, 0.3) is 11.3 Å². The van der Waals surface area contributed by atoms with Gasteiger partial charge >= 0.3 is 0 Å². The van der Waals surface area contributed by atoms with Crippen LogP contribution < -0.4 is 14.8 Å². The molecule has 1 amide bonds. The summed E-state index contributed by atoms with van der Waals surface area (Å²) in [5.41, 5.74) is 1.94. The zero-order chi connectivity index (χ0) is 17.8. The number of aryl methyl sites for hydroxylation is 1. The third kappa shape index (κ3) is 3.93. The first-order chi connectivity index (χ1) is 12.1. The Bertz CT molecular complexity index is 757. The van der Waals surface area contributed by atoms with Gasteiger partial charge in [0.25, 0.3) is 5.91 Å². The number of nitrogens with zero attached hydrogens (tertiary/aromatic N) is 2. The van der Waals surface area contributed by atoms with Gasteiger partial charge in [0.2, 0.25) is 0 Å². The zero-order valence-corrected chi connectivity index (χ0v) is 14.7. The minimum Gasteiger partial charge on any atom is -0.490 e. The number of carbonyl (C=O) groups is 1. The topological polar surface area (TPSA) is 74.6 Å². The molecule has 1 aromatic heterocycles. The highest BCUT2D eigenvalue weighted by atomic mass is 16.5. The Labute approximate surface area is 146 Å². The smallest absolute Gasteiger partial charge is 0.255 e. The molecule has 0 bridgehead atoms. The number of hydrogen-bond acceptors (Lipinski definition) is 5. The fraction of sp³-hybridized carbons (Fsp3) is 0.444. The highest BCUT2D eigenvalue weighted by Gasteiger charge is 2.20. The fourth-order valence-corrected chi connectivity index (χ4v) is 2.77. The molecule has 2 heterocycles. The van der Waals surface area contributed by atoms with Gasteiger partial charge in [-0.3, -0.25) is 9.48 Å². The van der Waals surface area contributed by atoms with Gasteiger partial charge in [0.15, 0.2) is 11.5 Å². The van der Waals surface area contributed by atoms with Crippen molar-refractivity contribution in [1.82, 2.24) is 15.1 Å². The molecule has 25 heavy (non-hydrogen) atoms. The lowest BCUT2D eigenvalue weighted by Gasteiger charge is -2.13. The van der Waals surface area contributed by atoms with Crippen LogP contribution in [0.2, 0.25) is 0 Å². The molecular formula is C18H23N3O4. The summed E-state index contributed by atoms with van der Waals surface area (Å²) in [5, 5.41) is 7.38. The summed E-state index contributed by atoms with van der Waals surface area (Å²) >= 11 is 0. The van der Waals surface area contributed by atoms with Crippen molar-refractivity contribution in [3.63, 3.8) is 0 Å². The van der Waals surface area contributed by atoms with Gasteiger partial charge in [0.1, 0.15) is 5.69 Å². The van der Waals surface area contributed by atoms with E-state index < -0.39 is 0 Å². The van der Waals surface area contributed by atoms with Crippen LogP contribution in [0.5, 0.6) is 11.5 Å². The molecule has 1 N–H and O–H groups in total. The molecule has 0 spiro atoms. The van der Waals surface area contributed by atoms with E-state index in [0.717, 1.165) is 17.7 Å². The van der Waals surface area contributed by atoms with Crippen molar-refractivity contribution in [2.24, 2.45) is 7.05 Å². The van der Waals surface area contributed by atoms with Gasteiger partial charge in [-0.25, -0.2) is 0 Å². The van der Waals surface area contributed by atoms with Crippen LogP contribution in [0.3, 0.4) is 0 Å². The van der Waals surface area contributed by atoms with Crippen LogP contribution in [0, 0.1) is 0 Å². The second kappa shape index (κ2) is 7.57. The Morgan fingerprint density at radius 1 is 1.36 bits per heavy atom. The summed E-state index contributed by atoms with van der Waals surface area (Å²) in [7, 11) is 3.40. The van der Waals surface area contributed by atoms with E-state index in [1.165, 1.54) is 0 Å². The first kappa shape index (κ1) is 17.3. The molecule has 0 aliphatic carbocycles. The number of carbonyl (C=O) groups excluding carboxylic acids is 1. The number of amides is 1. The van der Waals surface area contributed by atoms with Crippen LogP contribution in [-0.2, 0) is 11.8 Å². The molecule has 1 aliphatic heterocycles. The highest BCUT2D eigenvalue weighted by Crippen LogP contribution is 2.34. The van der Waals surface area contributed by atoms with Crippen molar-refractivity contribution in [3.05, 3.63) is 30.0 Å². The van der Waals surface area contributed by atoms with Gasteiger partial charge in [-0.1, -0.05) is 0 Å². The third-order valence-corrected chi connectivity index (χ3v) is 3.89. The normalized spacial score (nSPS) is 14.7. The van der Waals surface area contributed by atoms with Crippen LogP contribution in [0.15, 0.2) is 24.4 Å². The SMILES string of the molecule is COC[C@H](C)NC(=O)c1cn(C)nc1-c1ccc2c(c1)OCCCO2. The molecule has 1 aromatic carbocycles. The standard InChI is InChI=1S/C18H23N3O4/c1-12(11-23-3)19-18(22)14-10-21(2)20-17(14)13-5-6-15-16(9-13)25-8-4-7-24-15/h5-6,9-10,12H,4,7-8,11H2,1-3H3,(H,19,22)/t12-/m0/s1. The van der Waals surface area contributed by atoms with E-state index in [0.29, 0.717) is 36.8 Å². The summed E-state index contributed by atoms with van der Waals surface area (Å²) in [6.07, 6.45) is 2.56. The maximum Gasteiger partial charge on any atom is 0.255 e. The number of nitrogens with one attached hydrogen (secondary N) is 1. The average Bonchev–Trinajstić information content (AvgIpc) is 2.83. The summed E-state index contributed by atoms with van der Waals surface area (Å²) < 4.78 is 18.1. The van der Waals surface area contributed by atoms with Gasteiger partial charge in [0.05, 0.1) is 25.4 Å². The summed E-state index contributed by atoms with van der Waals surface area (Å²) in [5.74, 6) is 1.22. The number of rotatable bonds is 5. The van der Waals surface area contributed by atoms with E-state index in [4.69, 9.17) is 14.2 Å². The number of fused-ring (bicyclic) bond motifs is 1. The first-order valence-corrected chi connectivity index (χ1v) is 8.32. The minimum atomic E-state index is -0.181. The second-order valence-corrected chi connectivity index (χ2v) is 6.11. The molecule has 7 heteroatoms. The van der Waals surface area contributed by atoms with Gasteiger partial charge in [-0.15, -0.1) is 0 Å². The van der Waals surface area contributed by atoms with Crippen molar-refractivity contribution in [3.8, 4) is 22.8 Å². The van der Waals surface area contributed by atoms with E-state index >= 15 is 0 Å². The van der Waals surface area contributed by atoms with E-state index in [1.54, 1.807) is 25.0 Å². The van der Waals surface area contributed by atoms with Crippen LogP contribution in [-0.4, -0.2) is 48.7 Å². The molecule has 3 rings (SSSR count). The van der Waals surface area contributed by atoms with Crippen molar-refractivity contribution in [1.29, 1.82) is 0 Å². The number of ether oxygens (including phenoxy) is 3. The van der Waals surface area contributed by atoms with E-state index in [1.807, 2.05) is 25.1 Å². The predicted octanol–water partition coefficient (Wildman–Crippen LogP) is 2.01. The lowest BCUT2D eigenvalue weighted by molar-refractivity contribution is 0.0906. The van der Waals surface area contributed by atoms with Crippen molar-refractivity contribution in [2.75, 3.05) is 26.9 Å². The fourth-order valence-electron chi connectivity index (χ4n) is 2.77. The summed E-state index contributed by atoms with van der Waals surface area (Å²) in [6.45, 7) is 3.60. The lowest BCUT2D eigenvalue weighted by Crippen LogP contribution is -2.35. The van der Waals surface area contributed by atoms with Crippen LogP contribution >= 0.6 is 0 Å². The lowest BCUT2D eigenvalue weighted by atomic mass is 10.1. The summed E-state index contributed by atoms with van der Waals surface area (Å²) in [4.78, 5) is 12.6. The van der Waals surface area contributed by atoms with Gasteiger partial charge in [-0.05, 0) is 25.1 Å². The molecule has 0 unspecified atom stereocenters.